The smallest absolute Gasteiger partial charge is 0.255 e. The number of carbonyl (C=O) groups is 1. The molecule has 1 aromatic heterocycles. The van der Waals surface area contributed by atoms with Crippen LogP contribution in [0.4, 0.5) is 11.6 Å². The number of methoxy groups -OCH3 is 2. The molecular formula is C28H27N5O4. The van der Waals surface area contributed by atoms with Crippen molar-refractivity contribution in [3.8, 4) is 17.2 Å². The fraction of sp³-hybridized carbons (Fsp3) is 0.179. The van der Waals surface area contributed by atoms with Gasteiger partial charge in [-0.15, -0.1) is 0 Å². The number of nitrogens with one attached hydrogen (secondary N) is 2. The Bertz CT molecular complexity index is 1450. The molecule has 1 amide bonds. The second-order valence-corrected chi connectivity index (χ2v) is 8.46. The first-order chi connectivity index (χ1) is 18.1. The highest BCUT2D eigenvalue weighted by Crippen LogP contribution is 2.37. The van der Waals surface area contributed by atoms with Crippen molar-refractivity contribution in [1.82, 2.24) is 14.8 Å². The second-order valence-electron chi connectivity index (χ2n) is 8.46. The Kier molecular flexibility index (Phi) is 6.76. The molecule has 1 aliphatic rings. The molecule has 0 fully saturated rings. The third-order valence-electron chi connectivity index (χ3n) is 6.12. The Morgan fingerprint density at radius 3 is 2.62 bits per heavy atom. The van der Waals surface area contributed by atoms with Crippen molar-refractivity contribution in [1.29, 1.82) is 0 Å². The van der Waals surface area contributed by atoms with Crippen molar-refractivity contribution < 1.29 is 19.0 Å². The SMILES string of the molecule is COc1ccc(NC(=O)C2=C(C)Nc3ncnn3C2c2cccc(OCc3ccccc3)c2)c(OC)c1. The number of rotatable bonds is 8. The van der Waals surface area contributed by atoms with E-state index in [1.807, 2.05) is 61.5 Å². The van der Waals surface area contributed by atoms with Crippen LogP contribution in [-0.2, 0) is 11.4 Å². The molecule has 1 aliphatic heterocycles. The van der Waals surface area contributed by atoms with E-state index in [9.17, 15) is 4.79 Å². The van der Waals surface area contributed by atoms with E-state index in [1.54, 1.807) is 37.1 Å². The number of anilines is 2. The summed E-state index contributed by atoms with van der Waals surface area (Å²) in [5, 5.41) is 10.6. The zero-order valence-electron chi connectivity index (χ0n) is 20.8. The van der Waals surface area contributed by atoms with Crippen molar-refractivity contribution in [3.63, 3.8) is 0 Å². The summed E-state index contributed by atoms with van der Waals surface area (Å²) < 4.78 is 18.5. The number of carbonyl (C=O) groups excluding carboxylic acids is 1. The normalized spacial score (nSPS) is 14.4. The summed E-state index contributed by atoms with van der Waals surface area (Å²) in [7, 11) is 3.12. The summed E-state index contributed by atoms with van der Waals surface area (Å²) in [5.74, 6) is 2.06. The first kappa shape index (κ1) is 23.9. The topological polar surface area (TPSA) is 99.5 Å². The van der Waals surface area contributed by atoms with E-state index in [0.717, 1.165) is 11.1 Å². The van der Waals surface area contributed by atoms with Gasteiger partial charge in [0.1, 0.15) is 36.2 Å². The summed E-state index contributed by atoms with van der Waals surface area (Å²) >= 11 is 0. The highest BCUT2D eigenvalue weighted by atomic mass is 16.5. The number of aromatic nitrogens is 3. The molecule has 9 nitrogen and oxygen atoms in total. The minimum Gasteiger partial charge on any atom is -0.497 e. The first-order valence-corrected chi connectivity index (χ1v) is 11.7. The molecule has 0 saturated carbocycles. The average molecular weight is 498 g/mol. The predicted molar refractivity (Wildman–Crippen MR) is 140 cm³/mol. The summed E-state index contributed by atoms with van der Waals surface area (Å²) in [6.07, 6.45) is 1.46. The Morgan fingerprint density at radius 1 is 1.00 bits per heavy atom. The van der Waals surface area contributed by atoms with E-state index in [2.05, 4.69) is 20.7 Å². The maximum atomic E-state index is 13.7. The van der Waals surface area contributed by atoms with Gasteiger partial charge in [0.15, 0.2) is 0 Å². The number of nitrogens with zero attached hydrogens (tertiary/aromatic N) is 3. The number of allylic oxidation sites excluding steroid dienone is 1. The Hall–Kier alpha value is -4.79. The van der Waals surface area contributed by atoms with Crippen molar-refractivity contribution in [2.45, 2.75) is 19.6 Å². The number of hydrogen-bond acceptors (Lipinski definition) is 7. The number of ether oxygens (including phenoxy) is 3. The van der Waals surface area contributed by atoms with E-state index >= 15 is 0 Å². The van der Waals surface area contributed by atoms with Crippen LogP contribution in [-0.4, -0.2) is 34.9 Å². The number of amides is 1. The Balaban J connectivity index is 1.47. The fourth-order valence-electron chi connectivity index (χ4n) is 4.30. The highest BCUT2D eigenvalue weighted by Gasteiger charge is 2.34. The van der Waals surface area contributed by atoms with Gasteiger partial charge in [-0.05, 0) is 42.3 Å². The molecule has 1 atom stereocenters. The van der Waals surface area contributed by atoms with Gasteiger partial charge in [0, 0.05) is 11.8 Å². The molecule has 1 unspecified atom stereocenters. The summed E-state index contributed by atoms with van der Waals surface area (Å²) in [4.78, 5) is 18.0. The third-order valence-corrected chi connectivity index (χ3v) is 6.12. The van der Waals surface area contributed by atoms with Crippen LogP contribution < -0.4 is 24.8 Å². The van der Waals surface area contributed by atoms with Crippen LogP contribution in [0.25, 0.3) is 0 Å². The Morgan fingerprint density at radius 2 is 1.84 bits per heavy atom. The van der Waals surface area contributed by atoms with Gasteiger partial charge in [-0.1, -0.05) is 42.5 Å². The van der Waals surface area contributed by atoms with Crippen molar-refractivity contribution >= 4 is 17.5 Å². The number of fused-ring (bicyclic) bond motifs is 1. The van der Waals surface area contributed by atoms with Crippen LogP contribution in [0, 0.1) is 0 Å². The van der Waals surface area contributed by atoms with Crippen LogP contribution >= 0.6 is 0 Å². The van der Waals surface area contributed by atoms with Gasteiger partial charge >= 0.3 is 0 Å². The molecule has 188 valence electrons. The lowest BCUT2D eigenvalue weighted by Crippen LogP contribution is -2.31. The zero-order chi connectivity index (χ0) is 25.8. The van der Waals surface area contributed by atoms with Gasteiger partial charge < -0.3 is 24.8 Å². The monoisotopic (exact) mass is 497 g/mol. The summed E-state index contributed by atoms with van der Waals surface area (Å²) in [6, 6.07) is 22.3. The van der Waals surface area contributed by atoms with Gasteiger partial charge in [-0.25, -0.2) is 4.68 Å². The van der Waals surface area contributed by atoms with Gasteiger partial charge in [-0.3, -0.25) is 4.79 Å². The van der Waals surface area contributed by atoms with Gasteiger partial charge in [0.05, 0.1) is 25.5 Å². The summed E-state index contributed by atoms with van der Waals surface area (Å²) in [6.45, 7) is 2.28. The van der Waals surface area contributed by atoms with Crippen LogP contribution in [0.5, 0.6) is 17.2 Å². The molecule has 5 rings (SSSR count). The van der Waals surface area contributed by atoms with Crippen LogP contribution in [0.3, 0.4) is 0 Å². The van der Waals surface area contributed by atoms with Crippen LogP contribution in [0.15, 0.2) is 90.4 Å². The predicted octanol–water partition coefficient (Wildman–Crippen LogP) is 4.80. The minimum atomic E-state index is -0.525. The molecule has 2 N–H and O–H groups in total. The molecule has 4 aromatic rings. The Labute approximate surface area is 214 Å². The first-order valence-electron chi connectivity index (χ1n) is 11.7. The summed E-state index contributed by atoms with van der Waals surface area (Å²) in [5.41, 5.74) is 3.60. The zero-order valence-corrected chi connectivity index (χ0v) is 20.8. The van der Waals surface area contributed by atoms with E-state index in [0.29, 0.717) is 46.8 Å². The second kappa shape index (κ2) is 10.4. The lowest BCUT2D eigenvalue weighted by atomic mass is 9.94. The standard InChI is InChI=1S/C28H27N5O4/c1-18-25(27(34)32-23-13-12-21(35-2)15-24(23)36-3)26(33-28(31-18)29-17-30-33)20-10-7-11-22(14-20)37-16-19-8-5-4-6-9-19/h4-15,17,26H,16H2,1-3H3,(H,32,34)(H,29,30,31). The molecule has 3 aromatic carbocycles. The molecule has 37 heavy (non-hydrogen) atoms. The third kappa shape index (κ3) is 4.97. The maximum Gasteiger partial charge on any atom is 0.255 e. The van der Waals surface area contributed by atoms with E-state index in [4.69, 9.17) is 14.2 Å². The molecule has 0 bridgehead atoms. The molecule has 9 heteroatoms. The lowest BCUT2D eigenvalue weighted by molar-refractivity contribution is -0.113. The highest BCUT2D eigenvalue weighted by molar-refractivity contribution is 6.06. The van der Waals surface area contributed by atoms with Gasteiger partial charge in [-0.2, -0.15) is 10.1 Å². The molecule has 0 radical (unpaired) electrons. The molecule has 2 heterocycles. The fourth-order valence-corrected chi connectivity index (χ4v) is 4.30. The maximum absolute atomic E-state index is 13.7. The average Bonchev–Trinajstić information content (AvgIpc) is 3.40. The van der Waals surface area contributed by atoms with E-state index in [1.165, 1.54) is 6.33 Å². The van der Waals surface area contributed by atoms with Crippen LogP contribution in [0.2, 0.25) is 0 Å². The lowest BCUT2D eigenvalue weighted by Gasteiger charge is -2.29. The van der Waals surface area contributed by atoms with Crippen LogP contribution in [0.1, 0.15) is 24.1 Å². The quantitative estimate of drug-likeness (QED) is 0.361. The molecule has 0 aliphatic carbocycles. The van der Waals surface area contributed by atoms with Crippen molar-refractivity contribution in [3.05, 3.63) is 102 Å². The van der Waals surface area contributed by atoms with Crippen molar-refractivity contribution in [2.24, 2.45) is 0 Å². The van der Waals surface area contributed by atoms with E-state index < -0.39 is 6.04 Å². The largest absolute Gasteiger partial charge is 0.497 e. The molecular weight excluding hydrogens is 470 g/mol. The number of hydrogen-bond donors (Lipinski definition) is 2. The van der Waals surface area contributed by atoms with Crippen molar-refractivity contribution in [2.75, 3.05) is 24.9 Å². The minimum absolute atomic E-state index is 0.296. The van der Waals surface area contributed by atoms with Gasteiger partial charge in [0.25, 0.3) is 5.91 Å². The van der Waals surface area contributed by atoms with Gasteiger partial charge in [0.2, 0.25) is 5.95 Å². The number of benzene rings is 3. The molecule has 0 saturated heterocycles. The molecule has 0 spiro atoms. The van der Waals surface area contributed by atoms with E-state index in [-0.39, 0.29) is 5.91 Å².